The molecular weight excluding hydrogens is 264 g/mol. The molecule has 0 spiro atoms. The third-order valence-corrected chi connectivity index (χ3v) is 5.07. The van der Waals surface area contributed by atoms with Gasteiger partial charge in [0.05, 0.1) is 12.3 Å². The van der Waals surface area contributed by atoms with Crippen LogP contribution in [0, 0.1) is 6.92 Å². The molecule has 1 aromatic rings. The smallest absolute Gasteiger partial charge is 0.245 e. The lowest BCUT2D eigenvalue weighted by Gasteiger charge is -2.23. The minimum Gasteiger partial charge on any atom is -0.398 e. The van der Waals surface area contributed by atoms with Gasteiger partial charge in [0, 0.05) is 13.1 Å². The zero-order chi connectivity index (χ0) is 14.5. The second-order valence-electron chi connectivity index (χ2n) is 4.47. The van der Waals surface area contributed by atoms with Crippen molar-refractivity contribution < 1.29 is 13.5 Å². The molecule has 0 radical (unpaired) electrons. The minimum atomic E-state index is -3.65. The van der Waals surface area contributed by atoms with Crippen molar-refractivity contribution in [2.75, 3.05) is 25.4 Å². The summed E-state index contributed by atoms with van der Waals surface area (Å²) in [5, 5.41) is 9.05. The van der Waals surface area contributed by atoms with E-state index in [2.05, 4.69) is 0 Å². The van der Waals surface area contributed by atoms with Crippen molar-refractivity contribution in [2.24, 2.45) is 0 Å². The van der Waals surface area contributed by atoms with Crippen molar-refractivity contribution in [2.45, 2.75) is 31.6 Å². The predicted octanol–water partition coefficient (Wildman–Crippen LogP) is 1.36. The van der Waals surface area contributed by atoms with Crippen LogP contribution in [-0.2, 0) is 10.0 Å². The molecule has 0 atom stereocenters. The van der Waals surface area contributed by atoms with Crippen LogP contribution in [0.5, 0.6) is 0 Å². The molecule has 0 heterocycles. The van der Waals surface area contributed by atoms with Gasteiger partial charge in [0.2, 0.25) is 10.0 Å². The number of unbranched alkanes of at least 4 members (excludes halogenated alkanes) is 1. The van der Waals surface area contributed by atoms with Gasteiger partial charge < -0.3 is 10.8 Å². The summed E-state index contributed by atoms with van der Waals surface area (Å²) in [5.41, 5.74) is 6.68. The van der Waals surface area contributed by atoms with Crippen molar-refractivity contribution in [1.82, 2.24) is 4.31 Å². The summed E-state index contributed by atoms with van der Waals surface area (Å²) in [6, 6.07) is 5.03. The summed E-state index contributed by atoms with van der Waals surface area (Å²) < 4.78 is 26.5. The number of aliphatic hydroxyl groups excluding tert-OH is 1. The molecule has 0 aromatic heterocycles. The first-order chi connectivity index (χ1) is 8.95. The van der Waals surface area contributed by atoms with E-state index in [4.69, 9.17) is 10.8 Å². The topological polar surface area (TPSA) is 83.6 Å². The summed E-state index contributed by atoms with van der Waals surface area (Å²) in [5.74, 6) is 0. The lowest BCUT2D eigenvalue weighted by Crippen LogP contribution is -2.35. The third-order valence-electron chi connectivity index (χ3n) is 2.95. The molecule has 0 saturated heterocycles. The highest BCUT2D eigenvalue weighted by Crippen LogP contribution is 2.26. The van der Waals surface area contributed by atoms with E-state index in [0.29, 0.717) is 12.1 Å². The number of sulfonamides is 1. The number of nitrogens with zero attached hydrogens (tertiary/aromatic N) is 1. The Morgan fingerprint density at radius 1 is 1.32 bits per heavy atom. The maximum Gasteiger partial charge on any atom is 0.245 e. The van der Waals surface area contributed by atoms with Gasteiger partial charge in [-0.3, -0.25) is 0 Å². The molecular formula is C13H22N2O3S. The van der Waals surface area contributed by atoms with E-state index in [0.717, 1.165) is 12.8 Å². The molecule has 0 aliphatic carbocycles. The highest BCUT2D eigenvalue weighted by atomic mass is 32.2. The Labute approximate surface area is 115 Å². The average Bonchev–Trinajstić information content (AvgIpc) is 2.33. The molecule has 0 aliphatic heterocycles. The van der Waals surface area contributed by atoms with Crippen LogP contribution < -0.4 is 5.73 Å². The van der Waals surface area contributed by atoms with Crippen LogP contribution in [0.3, 0.4) is 0 Å². The number of aryl methyl sites for hydroxylation is 1. The Kier molecular flexibility index (Phi) is 5.78. The lowest BCUT2D eigenvalue weighted by atomic mass is 10.2. The zero-order valence-electron chi connectivity index (χ0n) is 11.5. The van der Waals surface area contributed by atoms with Gasteiger partial charge >= 0.3 is 0 Å². The maximum absolute atomic E-state index is 12.6. The quantitative estimate of drug-likeness (QED) is 0.741. The summed E-state index contributed by atoms with van der Waals surface area (Å²) in [4.78, 5) is 0.152. The summed E-state index contributed by atoms with van der Waals surface area (Å²) in [7, 11) is -3.65. The largest absolute Gasteiger partial charge is 0.398 e. The van der Waals surface area contributed by atoms with Crippen LogP contribution in [0.2, 0.25) is 0 Å². The number of anilines is 1. The van der Waals surface area contributed by atoms with E-state index in [1.54, 1.807) is 25.1 Å². The normalized spacial score (nSPS) is 12.0. The van der Waals surface area contributed by atoms with Gasteiger partial charge in [-0.1, -0.05) is 25.5 Å². The van der Waals surface area contributed by atoms with Crippen LogP contribution in [0.15, 0.2) is 23.1 Å². The first-order valence-corrected chi connectivity index (χ1v) is 7.85. The Hall–Kier alpha value is -1.11. The van der Waals surface area contributed by atoms with Crippen molar-refractivity contribution in [1.29, 1.82) is 0 Å². The van der Waals surface area contributed by atoms with Gasteiger partial charge in [0.25, 0.3) is 0 Å². The van der Waals surface area contributed by atoms with Crippen LogP contribution >= 0.6 is 0 Å². The molecule has 0 bridgehead atoms. The third kappa shape index (κ3) is 3.68. The number of hydrogen-bond donors (Lipinski definition) is 2. The molecule has 0 aliphatic rings. The highest BCUT2D eigenvalue weighted by Gasteiger charge is 2.27. The predicted molar refractivity (Wildman–Crippen MR) is 76.3 cm³/mol. The number of nitrogens with two attached hydrogens (primary N) is 1. The molecule has 3 N–H and O–H groups in total. The first kappa shape index (κ1) is 15.9. The molecule has 19 heavy (non-hydrogen) atoms. The van der Waals surface area contributed by atoms with Gasteiger partial charge in [-0.05, 0) is 25.0 Å². The molecule has 0 amide bonds. The molecule has 6 heteroatoms. The fourth-order valence-electron chi connectivity index (χ4n) is 1.95. The lowest BCUT2D eigenvalue weighted by molar-refractivity contribution is 0.252. The fraction of sp³-hybridized carbons (Fsp3) is 0.538. The van der Waals surface area contributed by atoms with Crippen molar-refractivity contribution >= 4 is 15.7 Å². The molecule has 0 unspecified atom stereocenters. The molecule has 108 valence electrons. The summed E-state index contributed by atoms with van der Waals surface area (Å²) >= 11 is 0. The minimum absolute atomic E-state index is 0.0934. The van der Waals surface area contributed by atoms with Crippen molar-refractivity contribution in [3.05, 3.63) is 23.8 Å². The van der Waals surface area contributed by atoms with Crippen molar-refractivity contribution in [3.8, 4) is 0 Å². The van der Waals surface area contributed by atoms with E-state index in [1.807, 2.05) is 6.92 Å². The van der Waals surface area contributed by atoms with Gasteiger partial charge in [0.15, 0.2) is 0 Å². The van der Waals surface area contributed by atoms with Gasteiger partial charge in [-0.2, -0.15) is 4.31 Å². The van der Waals surface area contributed by atoms with E-state index >= 15 is 0 Å². The van der Waals surface area contributed by atoms with E-state index in [-0.39, 0.29) is 23.7 Å². The molecule has 0 saturated carbocycles. The number of nitrogen functional groups attached to an aromatic ring is 1. The van der Waals surface area contributed by atoms with E-state index in [9.17, 15) is 8.42 Å². The molecule has 0 fully saturated rings. The molecule has 1 rings (SSSR count). The monoisotopic (exact) mass is 286 g/mol. The Morgan fingerprint density at radius 3 is 2.53 bits per heavy atom. The maximum atomic E-state index is 12.6. The average molecular weight is 286 g/mol. The first-order valence-electron chi connectivity index (χ1n) is 6.41. The van der Waals surface area contributed by atoms with Crippen LogP contribution in [0.25, 0.3) is 0 Å². The second-order valence-corrected chi connectivity index (χ2v) is 6.35. The molecule has 5 nitrogen and oxygen atoms in total. The van der Waals surface area contributed by atoms with Gasteiger partial charge in [-0.15, -0.1) is 0 Å². The van der Waals surface area contributed by atoms with E-state index in [1.165, 1.54) is 4.31 Å². The summed E-state index contributed by atoms with van der Waals surface area (Å²) in [6.45, 7) is 4.00. The Bertz CT molecular complexity index is 494. The second kappa shape index (κ2) is 6.88. The Balaban J connectivity index is 3.19. The SMILES string of the molecule is CCCCN(CCO)S(=O)(=O)c1c(C)cccc1N. The number of benzene rings is 1. The van der Waals surface area contributed by atoms with E-state index < -0.39 is 10.0 Å². The van der Waals surface area contributed by atoms with Gasteiger partial charge in [-0.25, -0.2) is 8.42 Å². The van der Waals surface area contributed by atoms with Crippen molar-refractivity contribution in [3.63, 3.8) is 0 Å². The molecule has 1 aromatic carbocycles. The highest BCUT2D eigenvalue weighted by molar-refractivity contribution is 7.89. The number of rotatable bonds is 7. The fourth-order valence-corrected chi connectivity index (χ4v) is 3.75. The summed E-state index contributed by atoms with van der Waals surface area (Å²) in [6.07, 6.45) is 1.64. The zero-order valence-corrected chi connectivity index (χ0v) is 12.3. The van der Waals surface area contributed by atoms with Crippen LogP contribution in [0.4, 0.5) is 5.69 Å². The standard InChI is InChI=1S/C13H22N2O3S/c1-3-4-8-15(9-10-16)19(17,18)13-11(2)6-5-7-12(13)14/h5-7,16H,3-4,8-10,14H2,1-2H3. The Morgan fingerprint density at radius 2 is 2.00 bits per heavy atom. The number of hydrogen-bond acceptors (Lipinski definition) is 4. The van der Waals surface area contributed by atoms with Crippen LogP contribution in [0.1, 0.15) is 25.3 Å². The van der Waals surface area contributed by atoms with Crippen LogP contribution in [-0.4, -0.2) is 37.5 Å². The van der Waals surface area contributed by atoms with Gasteiger partial charge in [0.1, 0.15) is 4.90 Å². The number of aliphatic hydroxyl groups is 1.